The molecule has 1 aromatic heterocycles. The lowest BCUT2D eigenvalue weighted by atomic mass is 9.94. The first kappa shape index (κ1) is 27.7. The molecule has 1 amide bonds. The molecule has 2 aliphatic heterocycles. The number of aliphatic hydroxyl groups excluding tert-OH is 1. The van der Waals surface area contributed by atoms with Crippen molar-refractivity contribution in [3.63, 3.8) is 0 Å². The number of furan rings is 1. The highest BCUT2D eigenvalue weighted by molar-refractivity contribution is 6.16. The van der Waals surface area contributed by atoms with E-state index in [1.807, 2.05) is 24.3 Å². The van der Waals surface area contributed by atoms with Gasteiger partial charge in [-0.15, -0.1) is 0 Å². The van der Waals surface area contributed by atoms with Crippen molar-refractivity contribution in [2.45, 2.75) is 32.2 Å². The molecule has 9 heteroatoms. The highest BCUT2D eigenvalue weighted by Gasteiger charge is 2.44. The summed E-state index contributed by atoms with van der Waals surface area (Å²) in [6, 6.07) is 13.5. The summed E-state index contributed by atoms with van der Waals surface area (Å²) in [4.78, 5) is 31.1. The summed E-state index contributed by atoms with van der Waals surface area (Å²) < 4.78 is 22.8. The van der Waals surface area contributed by atoms with E-state index < -0.39 is 23.5 Å². The first-order valence-electron chi connectivity index (χ1n) is 13.9. The van der Waals surface area contributed by atoms with E-state index in [0.29, 0.717) is 55.4 Å². The molecule has 3 heterocycles. The highest BCUT2D eigenvalue weighted by Crippen LogP contribution is 2.42. The number of fused-ring (bicyclic) bond motifs is 1. The number of methoxy groups -OCH3 is 1. The largest absolute Gasteiger partial charge is 0.503 e. The molecular weight excluding hydrogens is 512 g/mol. The molecule has 0 spiro atoms. The van der Waals surface area contributed by atoms with Gasteiger partial charge in [0.1, 0.15) is 5.58 Å². The number of ether oxygens (including phenoxy) is 3. The Bertz CT molecular complexity index is 1360. The fraction of sp³-hybridized carbons (Fsp3) is 0.419. The molecule has 0 saturated carbocycles. The van der Waals surface area contributed by atoms with Gasteiger partial charge in [0, 0.05) is 31.6 Å². The number of hydrogen-bond donors (Lipinski definition) is 1. The molecule has 1 N–H and O–H groups in total. The van der Waals surface area contributed by atoms with Crippen molar-refractivity contribution in [2.75, 3.05) is 53.1 Å². The SMILES string of the molecule is CCCCOc1ccc([C@H]2C(C(=O)c3cc4ccccc4o3)=C(O)C(=O)N2CCCN2CCOCC2)cc1OC. The molecule has 5 rings (SSSR count). The second-order valence-corrected chi connectivity index (χ2v) is 10.1. The number of amides is 1. The van der Waals surface area contributed by atoms with Gasteiger partial charge in [0.25, 0.3) is 5.91 Å². The smallest absolute Gasteiger partial charge is 0.290 e. The van der Waals surface area contributed by atoms with Gasteiger partial charge in [-0.05, 0) is 42.7 Å². The van der Waals surface area contributed by atoms with Crippen molar-refractivity contribution in [3.05, 3.63) is 71.2 Å². The number of Topliss-reactive ketones (excluding diaryl/α,β-unsaturated/α-hetero) is 1. The lowest BCUT2D eigenvalue weighted by Gasteiger charge is -2.30. The molecule has 40 heavy (non-hydrogen) atoms. The molecule has 1 fully saturated rings. The number of para-hydroxylation sites is 1. The second-order valence-electron chi connectivity index (χ2n) is 10.1. The van der Waals surface area contributed by atoms with Crippen LogP contribution in [-0.4, -0.2) is 79.7 Å². The Morgan fingerprint density at radius 3 is 2.60 bits per heavy atom. The van der Waals surface area contributed by atoms with Crippen molar-refractivity contribution >= 4 is 22.7 Å². The lowest BCUT2D eigenvalue weighted by Crippen LogP contribution is -2.39. The summed E-state index contributed by atoms with van der Waals surface area (Å²) in [6.07, 6.45) is 2.59. The van der Waals surface area contributed by atoms with Crippen LogP contribution in [0.4, 0.5) is 0 Å². The standard InChI is InChI=1S/C31H36N2O7/c1-3-4-16-39-24-11-10-22(20-25(24)37-2)28-27(29(34)26-19-21-8-5-6-9-23(21)40-26)30(35)31(36)33(28)13-7-12-32-14-17-38-18-15-32/h5-6,8-11,19-20,28,35H,3-4,7,12-18H2,1-2H3/t28-/m0/s1. The van der Waals surface area contributed by atoms with Crippen LogP contribution in [0.2, 0.25) is 0 Å². The summed E-state index contributed by atoms with van der Waals surface area (Å²) in [5.74, 6) is -0.498. The van der Waals surface area contributed by atoms with Crippen LogP contribution in [-0.2, 0) is 9.53 Å². The van der Waals surface area contributed by atoms with E-state index in [2.05, 4.69) is 11.8 Å². The van der Waals surface area contributed by atoms with E-state index in [0.717, 1.165) is 37.9 Å². The Kier molecular flexibility index (Phi) is 8.72. The molecular formula is C31H36N2O7. The molecule has 2 aromatic carbocycles. The van der Waals surface area contributed by atoms with Crippen LogP contribution in [0, 0.1) is 0 Å². The van der Waals surface area contributed by atoms with Crippen molar-refractivity contribution in [1.82, 2.24) is 9.80 Å². The van der Waals surface area contributed by atoms with Crippen molar-refractivity contribution in [2.24, 2.45) is 0 Å². The number of carbonyl (C=O) groups excluding carboxylic acids is 2. The average Bonchev–Trinajstić information content (AvgIpc) is 3.53. The number of rotatable bonds is 12. The van der Waals surface area contributed by atoms with Crippen LogP contribution in [0.3, 0.4) is 0 Å². The first-order valence-corrected chi connectivity index (χ1v) is 13.9. The van der Waals surface area contributed by atoms with Crippen molar-refractivity contribution in [1.29, 1.82) is 0 Å². The molecule has 0 radical (unpaired) electrons. The van der Waals surface area contributed by atoms with Crippen LogP contribution in [0.1, 0.15) is 48.3 Å². The minimum atomic E-state index is -0.809. The molecule has 2 aliphatic rings. The number of nitrogens with zero attached hydrogens (tertiary/aromatic N) is 2. The third-order valence-corrected chi connectivity index (χ3v) is 7.43. The Labute approximate surface area is 233 Å². The summed E-state index contributed by atoms with van der Waals surface area (Å²) in [7, 11) is 1.56. The van der Waals surface area contributed by atoms with Gasteiger partial charge in [0.2, 0.25) is 5.78 Å². The van der Waals surface area contributed by atoms with Gasteiger partial charge in [0.15, 0.2) is 23.0 Å². The number of unbranched alkanes of at least 4 members (excludes halogenated alkanes) is 1. The summed E-state index contributed by atoms with van der Waals surface area (Å²) in [5.41, 5.74) is 1.20. The van der Waals surface area contributed by atoms with E-state index in [1.165, 1.54) is 0 Å². The Morgan fingerprint density at radius 2 is 1.85 bits per heavy atom. The maximum absolute atomic E-state index is 13.9. The topological polar surface area (TPSA) is 102 Å². The quantitative estimate of drug-likeness (QED) is 0.251. The highest BCUT2D eigenvalue weighted by atomic mass is 16.5. The first-order chi connectivity index (χ1) is 19.5. The number of ketones is 1. The zero-order valence-corrected chi connectivity index (χ0v) is 23.1. The zero-order chi connectivity index (χ0) is 28.1. The molecule has 0 aliphatic carbocycles. The third-order valence-electron chi connectivity index (χ3n) is 7.43. The maximum atomic E-state index is 13.9. The number of aliphatic hydroxyl groups is 1. The minimum Gasteiger partial charge on any atom is -0.503 e. The van der Waals surface area contributed by atoms with Gasteiger partial charge in [-0.2, -0.15) is 0 Å². The monoisotopic (exact) mass is 548 g/mol. The van der Waals surface area contributed by atoms with Crippen LogP contribution < -0.4 is 9.47 Å². The van der Waals surface area contributed by atoms with Crippen molar-refractivity contribution in [3.8, 4) is 11.5 Å². The van der Waals surface area contributed by atoms with Gasteiger partial charge in [-0.25, -0.2) is 0 Å². The van der Waals surface area contributed by atoms with E-state index in [9.17, 15) is 14.7 Å². The summed E-state index contributed by atoms with van der Waals surface area (Å²) >= 11 is 0. The number of carbonyl (C=O) groups is 2. The van der Waals surface area contributed by atoms with Gasteiger partial charge in [-0.1, -0.05) is 37.6 Å². The van der Waals surface area contributed by atoms with E-state index in [1.54, 1.807) is 36.3 Å². The number of benzene rings is 2. The molecule has 212 valence electrons. The lowest BCUT2D eigenvalue weighted by molar-refractivity contribution is -0.129. The second kappa shape index (κ2) is 12.6. The van der Waals surface area contributed by atoms with Gasteiger partial charge >= 0.3 is 0 Å². The van der Waals surface area contributed by atoms with Gasteiger partial charge in [0.05, 0.1) is 38.5 Å². The third kappa shape index (κ3) is 5.71. The number of morpholine rings is 1. The number of hydrogen-bond acceptors (Lipinski definition) is 8. The maximum Gasteiger partial charge on any atom is 0.290 e. The molecule has 3 aromatic rings. The molecule has 1 atom stereocenters. The fourth-order valence-corrected chi connectivity index (χ4v) is 5.28. The Hall–Kier alpha value is -3.82. The zero-order valence-electron chi connectivity index (χ0n) is 23.1. The normalized spacial score (nSPS) is 18.1. The van der Waals surface area contributed by atoms with Crippen LogP contribution >= 0.6 is 0 Å². The predicted molar refractivity (Wildman–Crippen MR) is 150 cm³/mol. The fourth-order valence-electron chi connectivity index (χ4n) is 5.28. The van der Waals surface area contributed by atoms with Gasteiger partial charge in [-0.3, -0.25) is 14.5 Å². The molecule has 0 bridgehead atoms. The van der Waals surface area contributed by atoms with E-state index in [4.69, 9.17) is 18.6 Å². The summed E-state index contributed by atoms with van der Waals surface area (Å²) in [5, 5.41) is 11.8. The molecule has 0 unspecified atom stereocenters. The molecule has 9 nitrogen and oxygen atoms in total. The summed E-state index contributed by atoms with van der Waals surface area (Å²) in [6.45, 7) is 6.85. The van der Waals surface area contributed by atoms with Crippen LogP contribution in [0.5, 0.6) is 11.5 Å². The van der Waals surface area contributed by atoms with Crippen LogP contribution in [0.15, 0.2) is 64.3 Å². The molecule has 1 saturated heterocycles. The predicted octanol–water partition coefficient (Wildman–Crippen LogP) is 4.92. The Morgan fingerprint density at radius 1 is 1.05 bits per heavy atom. The Balaban J connectivity index is 1.47. The minimum absolute atomic E-state index is 0.00265. The van der Waals surface area contributed by atoms with Gasteiger partial charge < -0.3 is 28.6 Å². The average molecular weight is 549 g/mol. The van der Waals surface area contributed by atoms with Crippen molar-refractivity contribution < 1.29 is 33.3 Å². The van der Waals surface area contributed by atoms with E-state index in [-0.39, 0.29) is 11.3 Å². The van der Waals surface area contributed by atoms with Crippen LogP contribution in [0.25, 0.3) is 11.0 Å². The van der Waals surface area contributed by atoms with E-state index >= 15 is 0 Å².